The Bertz CT molecular complexity index is 530. The van der Waals surface area contributed by atoms with Gasteiger partial charge in [-0.05, 0) is 52.4 Å². The molecule has 0 aromatic rings. The van der Waals surface area contributed by atoms with Gasteiger partial charge in [0.05, 0.1) is 0 Å². The quantitative estimate of drug-likeness (QED) is 0.226. The van der Waals surface area contributed by atoms with Crippen molar-refractivity contribution in [1.29, 1.82) is 0 Å². The van der Waals surface area contributed by atoms with Gasteiger partial charge < -0.3 is 25.9 Å². The predicted molar refractivity (Wildman–Crippen MR) is 141 cm³/mol. The summed E-state index contributed by atoms with van der Waals surface area (Å²) in [7, 11) is -10.9. The molecule has 0 atom stereocenters. The molecule has 0 saturated heterocycles. The Morgan fingerprint density at radius 1 is 0.655 bits per heavy atom. The Hall–Kier alpha value is -0.402. The van der Waals surface area contributed by atoms with Crippen LogP contribution in [0.2, 0.25) is 52.4 Å². The first kappa shape index (κ1) is 28.6. The Morgan fingerprint density at radius 2 is 1.00 bits per heavy atom. The fraction of sp³-hybridized carbons (Fsp3) is 0.500. The average Bonchev–Trinajstić information content (AvgIpc) is 2.67. The fourth-order valence-electron chi connectivity index (χ4n) is 2.21. The summed E-state index contributed by atoms with van der Waals surface area (Å²) in [4.78, 5) is 0. The Morgan fingerprint density at radius 3 is 1.24 bits per heavy atom. The first-order chi connectivity index (χ1) is 13.6. The maximum Gasteiger partial charge on any atom is 0.462 e. The van der Waals surface area contributed by atoms with Crippen molar-refractivity contribution in [1.82, 2.24) is 0 Å². The second-order valence-corrected chi connectivity index (χ2v) is 21.8. The van der Waals surface area contributed by atoms with E-state index in [2.05, 4.69) is 65.5 Å². The van der Waals surface area contributed by atoms with Crippen LogP contribution in [0.15, 0.2) is 47.8 Å². The molecule has 0 heterocycles. The van der Waals surface area contributed by atoms with Gasteiger partial charge in [-0.25, -0.2) is 0 Å². The van der Waals surface area contributed by atoms with Crippen molar-refractivity contribution in [2.45, 2.75) is 52.4 Å². The lowest BCUT2D eigenvalue weighted by molar-refractivity contribution is 0.309. The zero-order chi connectivity index (χ0) is 22.6. The minimum absolute atomic E-state index is 0.640. The molecule has 0 amide bonds. The molecule has 168 valence electrons. The first-order valence-corrected chi connectivity index (χ1v) is 25.9. The molecule has 0 aromatic heterocycles. The lowest BCUT2D eigenvalue weighted by atomic mass is 11.0. The molecule has 0 unspecified atom stereocenters. The van der Waals surface area contributed by atoms with Gasteiger partial charge in [-0.2, -0.15) is 0 Å². The van der Waals surface area contributed by atoms with Gasteiger partial charge in [0, 0.05) is 0 Å². The van der Waals surface area contributed by atoms with Crippen LogP contribution >= 0.6 is 0 Å². The van der Waals surface area contributed by atoms with Crippen LogP contribution in [0.3, 0.4) is 0 Å². The van der Waals surface area contributed by atoms with Crippen molar-refractivity contribution in [3.8, 4) is 0 Å². The highest BCUT2D eigenvalue weighted by atomic mass is 28.5. The van der Waals surface area contributed by atoms with E-state index in [9.17, 15) is 0 Å². The molecule has 0 N–H and O–H groups in total. The fourth-order valence-corrected chi connectivity index (χ4v) is 15.8. The van der Waals surface area contributed by atoms with Crippen molar-refractivity contribution in [3.63, 3.8) is 0 Å². The summed E-state index contributed by atoms with van der Waals surface area (Å²) in [5.74, 6) is 0. The van der Waals surface area contributed by atoms with Crippen molar-refractivity contribution < 1.29 is 25.9 Å². The lowest BCUT2D eigenvalue weighted by Gasteiger charge is -2.42. The van der Waals surface area contributed by atoms with Crippen LogP contribution in [0.25, 0.3) is 0 Å². The maximum atomic E-state index is 6.89. The van der Waals surface area contributed by atoms with Crippen LogP contribution in [-0.2, 0) is 25.9 Å². The SMILES string of the molecule is C=C[Si](C)(C)O[Si](O[Si](C)(C)C=C)(C(=CO[SiH2]C)O[SiH2]C)C(=CO[SiH2]C)O[SiH2]C. The van der Waals surface area contributed by atoms with Crippen molar-refractivity contribution in [3.05, 3.63) is 47.8 Å². The molecule has 0 bridgehead atoms. The highest BCUT2D eigenvalue weighted by molar-refractivity contribution is 6.97. The van der Waals surface area contributed by atoms with Gasteiger partial charge in [0.1, 0.15) is 12.5 Å². The van der Waals surface area contributed by atoms with Crippen molar-refractivity contribution in [2.24, 2.45) is 0 Å². The van der Waals surface area contributed by atoms with Gasteiger partial charge in [0.2, 0.25) is 55.7 Å². The molecule has 0 radical (unpaired) electrons. The van der Waals surface area contributed by atoms with E-state index in [1.807, 2.05) is 11.4 Å². The monoisotopic (exact) mass is 524 g/mol. The summed E-state index contributed by atoms with van der Waals surface area (Å²) in [6.07, 6.45) is 3.43. The molecule has 29 heavy (non-hydrogen) atoms. The van der Waals surface area contributed by atoms with E-state index in [4.69, 9.17) is 25.9 Å². The molecule has 0 aromatic carbocycles. The molecule has 0 aliphatic heterocycles. The average molecular weight is 525 g/mol. The summed E-state index contributed by atoms with van der Waals surface area (Å²) >= 11 is 0. The van der Waals surface area contributed by atoms with E-state index in [-0.39, 0.29) is 0 Å². The van der Waals surface area contributed by atoms with Crippen LogP contribution in [0.4, 0.5) is 0 Å². The minimum Gasteiger partial charge on any atom is -0.553 e. The Balaban J connectivity index is 6.95. The van der Waals surface area contributed by atoms with E-state index in [1.165, 1.54) is 0 Å². The molecular formula is C16H40O6Si7. The van der Waals surface area contributed by atoms with Crippen LogP contribution in [0.1, 0.15) is 0 Å². The molecule has 0 spiro atoms. The molecular weight excluding hydrogens is 485 g/mol. The smallest absolute Gasteiger partial charge is 0.462 e. The second kappa shape index (κ2) is 13.8. The number of rotatable bonds is 16. The van der Waals surface area contributed by atoms with E-state index < -0.39 is 64.2 Å². The molecule has 0 fully saturated rings. The standard InChI is InChI=1S/C16H40O6Si7/c1-11-27(7,8)21-29(22-28(9,10)12-2,15(19-25-5)13-17-23-3)16(20-26-6)14-18-24-4/h11-14H,1-2,23-26H2,3-10H3. The van der Waals surface area contributed by atoms with Gasteiger partial charge in [0.15, 0.2) is 10.8 Å². The van der Waals surface area contributed by atoms with Gasteiger partial charge in [-0.3, -0.25) is 0 Å². The van der Waals surface area contributed by atoms with Gasteiger partial charge in [-0.1, -0.05) is 11.4 Å². The van der Waals surface area contributed by atoms with Crippen LogP contribution in [-0.4, -0.2) is 64.2 Å². The topological polar surface area (TPSA) is 55.4 Å². The Kier molecular flexibility index (Phi) is 13.6. The van der Waals surface area contributed by atoms with E-state index in [1.54, 1.807) is 12.5 Å². The van der Waals surface area contributed by atoms with Crippen LogP contribution < -0.4 is 0 Å². The largest absolute Gasteiger partial charge is 0.553 e. The summed E-state index contributed by atoms with van der Waals surface area (Å²) in [5.41, 5.74) is 3.82. The molecule has 0 rings (SSSR count). The van der Waals surface area contributed by atoms with Gasteiger partial charge >= 0.3 is 8.56 Å². The third-order valence-corrected chi connectivity index (χ3v) is 16.8. The lowest BCUT2D eigenvalue weighted by Crippen LogP contribution is -2.59. The molecule has 6 nitrogen and oxygen atoms in total. The third-order valence-electron chi connectivity index (χ3n) is 3.76. The minimum atomic E-state index is -3.36. The Labute approximate surface area is 190 Å². The summed E-state index contributed by atoms with van der Waals surface area (Å²) in [6, 6.07) is 0. The first-order valence-electron chi connectivity index (χ1n) is 10.2. The number of hydrogen-bond donors (Lipinski definition) is 0. The van der Waals surface area contributed by atoms with Crippen molar-refractivity contribution >= 4 is 64.2 Å². The predicted octanol–water partition coefficient (Wildman–Crippen LogP) is 1.68. The van der Waals surface area contributed by atoms with Crippen LogP contribution in [0, 0.1) is 0 Å². The maximum absolute atomic E-state index is 6.89. The highest BCUT2D eigenvalue weighted by Gasteiger charge is 2.56. The highest BCUT2D eigenvalue weighted by Crippen LogP contribution is 2.35. The molecule has 0 saturated carbocycles. The third kappa shape index (κ3) is 9.51. The normalized spacial score (nSPS) is 15.3. The van der Waals surface area contributed by atoms with Gasteiger partial charge in [0.25, 0.3) is 0 Å². The number of hydrogen-bond acceptors (Lipinski definition) is 6. The van der Waals surface area contributed by atoms with E-state index >= 15 is 0 Å². The summed E-state index contributed by atoms with van der Waals surface area (Å²) < 4.78 is 37.9. The van der Waals surface area contributed by atoms with E-state index in [0.717, 1.165) is 0 Å². The van der Waals surface area contributed by atoms with E-state index in [0.29, 0.717) is 10.8 Å². The molecule has 13 heteroatoms. The summed E-state index contributed by atoms with van der Waals surface area (Å²) in [5, 5.41) is 1.28. The summed E-state index contributed by atoms with van der Waals surface area (Å²) in [6.45, 7) is 24.7. The zero-order valence-corrected chi connectivity index (χ0v) is 28.2. The zero-order valence-electron chi connectivity index (χ0n) is 19.5. The second-order valence-electron chi connectivity index (χ2n) is 7.18. The molecule has 0 aliphatic rings. The van der Waals surface area contributed by atoms with Gasteiger partial charge in [-0.15, -0.1) is 13.2 Å². The van der Waals surface area contributed by atoms with Crippen LogP contribution in [0.5, 0.6) is 0 Å². The molecule has 0 aliphatic carbocycles. The van der Waals surface area contributed by atoms with Crippen molar-refractivity contribution in [2.75, 3.05) is 0 Å².